The maximum atomic E-state index is 5.34. The molecule has 1 saturated heterocycles. The zero-order valence-electron chi connectivity index (χ0n) is 12.5. The molecule has 1 aliphatic rings. The van der Waals surface area contributed by atoms with Gasteiger partial charge in [-0.3, -0.25) is 0 Å². The van der Waals surface area contributed by atoms with Gasteiger partial charge in [0, 0.05) is 30.9 Å². The smallest absolute Gasteiger partial charge is 0.227 e. The second-order valence-corrected chi connectivity index (χ2v) is 5.48. The number of hydrogen-bond donors (Lipinski definition) is 0. The van der Waals surface area contributed by atoms with Crippen molar-refractivity contribution in [3.05, 3.63) is 47.9 Å². The van der Waals surface area contributed by atoms with Crippen LogP contribution in [0, 0.1) is 0 Å². The van der Waals surface area contributed by atoms with Gasteiger partial charge in [-0.15, -0.1) is 0 Å². The van der Waals surface area contributed by atoms with Gasteiger partial charge in [-0.05, 0) is 6.42 Å². The molecule has 0 aliphatic carbocycles. The van der Waals surface area contributed by atoms with Gasteiger partial charge in [-0.2, -0.15) is 9.97 Å². The van der Waals surface area contributed by atoms with E-state index in [0.717, 1.165) is 24.4 Å². The van der Waals surface area contributed by atoms with Crippen molar-refractivity contribution < 1.29 is 13.8 Å². The van der Waals surface area contributed by atoms with Gasteiger partial charge < -0.3 is 13.8 Å². The van der Waals surface area contributed by atoms with Crippen molar-refractivity contribution in [2.75, 3.05) is 13.2 Å². The van der Waals surface area contributed by atoms with Crippen LogP contribution in [0.3, 0.4) is 0 Å². The molecule has 7 nitrogen and oxygen atoms in total. The summed E-state index contributed by atoms with van der Waals surface area (Å²) in [6.07, 6.45) is 2.10. The van der Waals surface area contributed by atoms with Gasteiger partial charge in [-0.25, -0.2) is 0 Å². The van der Waals surface area contributed by atoms with Crippen LogP contribution in [-0.4, -0.2) is 33.5 Å². The molecule has 4 rings (SSSR count). The largest absolute Gasteiger partial charge is 0.381 e. The first-order valence-electron chi connectivity index (χ1n) is 7.67. The summed E-state index contributed by atoms with van der Waals surface area (Å²) < 4.78 is 15.9. The number of rotatable bonds is 5. The van der Waals surface area contributed by atoms with Crippen LogP contribution < -0.4 is 0 Å². The second-order valence-electron chi connectivity index (χ2n) is 5.48. The van der Waals surface area contributed by atoms with Crippen molar-refractivity contribution in [2.45, 2.75) is 25.2 Å². The van der Waals surface area contributed by atoms with E-state index < -0.39 is 0 Å². The van der Waals surface area contributed by atoms with Gasteiger partial charge >= 0.3 is 0 Å². The van der Waals surface area contributed by atoms with Crippen LogP contribution in [0.2, 0.25) is 0 Å². The molecule has 1 aliphatic heterocycles. The Kier molecular flexibility index (Phi) is 3.85. The number of aryl methyl sites for hydroxylation is 2. The van der Waals surface area contributed by atoms with Gasteiger partial charge in [0.05, 0.1) is 6.61 Å². The maximum Gasteiger partial charge on any atom is 0.227 e. The molecular weight excluding hydrogens is 296 g/mol. The zero-order chi connectivity index (χ0) is 15.5. The molecule has 0 unspecified atom stereocenters. The van der Waals surface area contributed by atoms with Crippen molar-refractivity contribution in [1.82, 2.24) is 20.3 Å². The molecular formula is C16H16N4O3. The molecule has 2 aromatic heterocycles. The van der Waals surface area contributed by atoms with Gasteiger partial charge in [0.25, 0.3) is 0 Å². The zero-order valence-corrected chi connectivity index (χ0v) is 12.5. The third kappa shape index (κ3) is 3.14. The fourth-order valence-electron chi connectivity index (χ4n) is 2.55. The van der Waals surface area contributed by atoms with E-state index in [0.29, 0.717) is 37.1 Å². The summed E-state index contributed by atoms with van der Waals surface area (Å²) in [6, 6.07) is 9.73. The Bertz CT molecular complexity index is 762. The lowest BCUT2D eigenvalue weighted by atomic mass is 10.1. The molecule has 1 fully saturated rings. The van der Waals surface area contributed by atoms with E-state index in [4.69, 9.17) is 13.8 Å². The van der Waals surface area contributed by atoms with E-state index in [1.807, 2.05) is 30.3 Å². The molecule has 118 valence electrons. The highest BCUT2D eigenvalue weighted by Crippen LogP contribution is 2.22. The van der Waals surface area contributed by atoms with Crippen LogP contribution in [0.5, 0.6) is 0 Å². The minimum absolute atomic E-state index is 0.251. The van der Waals surface area contributed by atoms with E-state index in [1.54, 1.807) is 0 Å². The average molecular weight is 312 g/mol. The second kappa shape index (κ2) is 6.29. The number of aromatic nitrogens is 4. The molecule has 7 heteroatoms. The summed E-state index contributed by atoms with van der Waals surface area (Å²) in [5, 5.41) is 8.03. The topological polar surface area (TPSA) is 87.1 Å². The monoisotopic (exact) mass is 312 g/mol. The first-order valence-corrected chi connectivity index (χ1v) is 7.67. The molecule has 0 saturated carbocycles. The quantitative estimate of drug-likeness (QED) is 0.715. The van der Waals surface area contributed by atoms with Crippen LogP contribution in [-0.2, 0) is 17.6 Å². The number of nitrogens with zero attached hydrogens (tertiary/aromatic N) is 4. The van der Waals surface area contributed by atoms with Crippen molar-refractivity contribution in [3.8, 4) is 11.4 Å². The van der Waals surface area contributed by atoms with Crippen LogP contribution >= 0.6 is 0 Å². The Morgan fingerprint density at radius 1 is 0.957 bits per heavy atom. The SMILES string of the molecule is c1ccc(-c2noc(CCc3nc([C@@H]4CCOC4)no3)n2)cc1. The van der Waals surface area contributed by atoms with E-state index in [9.17, 15) is 0 Å². The first kappa shape index (κ1) is 14.1. The predicted molar refractivity (Wildman–Crippen MR) is 79.6 cm³/mol. The Hall–Kier alpha value is -2.54. The minimum atomic E-state index is 0.251. The number of benzene rings is 1. The van der Waals surface area contributed by atoms with E-state index >= 15 is 0 Å². The Labute approximate surface area is 132 Å². The molecule has 23 heavy (non-hydrogen) atoms. The minimum Gasteiger partial charge on any atom is -0.381 e. The summed E-state index contributed by atoms with van der Waals surface area (Å²) >= 11 is 0. The van der Waals surface area contributed by atoms with Crippen molar-refractivity contribution in [3.63, 3.8) is 0 Å². The molecule has 3 heterocycles. The highest BCUT2D eigenvalue weighted by atomic mass is 16.5. The van der Waals surface area contributed by atoms with Crippen LogP contribution in [0.4, 0.5) is 0 Å². The highest BCUT2D eigenvalue weighted by Gasteiger charge is 2.23. The Morgan fingerprint density at radius 3 is 2.52 bits per heavy atom. The van der Waals surface area contributed by atoms with Crippen molar-refractivity contribution in [2.24, 2.45) is 0 Å². The Balaban J connectivity index is 1.39. The average Bonchev–Trinajstić information content (AvgIpc) is 3.33. The normalized spacial score (nSPS) is 17.7. The van der Waals surface area contributed by atoms with Gasteiger partial charge in [-0.1, -0.05) is 40.6 Å². The molecule has 0 bridgehead atoms. The standard InChI is InChI=1S/C16H16N4O3/c1-2-4-11(5-3-1)15-17-13(22-19-15)6-7-14-18-16(20-23-14)12-8-9-21-10-12/h1-5,12H,6-10H2/t12-/m1/s1. The first-order chi connectivity index (χ1) is 11.4. The fourth-order valence-corrected chi connectivity index (χ4v) is 2.55. The summed E-state index contributed by atoms with van der Waals surface area (Å²) in [4.78, 5) is 8.82. The van der Waals surface area contributed by atoms with Crippen LogP contribution in [0.1, 0.15) is 29.9 Å². The van der Waals surface area contributed by atoms with E-state index in [2.05, 4.69) is 20.3 Å². The lowest BCUT2D eigenvalue weighted by Gasteiger charge is -1.97. The number of ether oxygens (including phenoxy) is 1. The van der Waals surface area contributed by atoms with Crippen LogP contribution in [0.15, 0.2) is 39.4 Å². The van der Waals surface area contributed by atoms with Gasteiger partial charge in [0.15, 0.2) is 5.82 Å². The summed E-state index contributed by atoms with van der Waals surface area (Å²) in [7, 11) is 0. The maximum absolute atomic E-state index is 5.34. The van der Waals surface area contributed by atoms with Crippen molar-refractivity contribution >= 4 is 0 Å². The highest BCUT2D eigenvalue weighted by molar-refractivity contribution is 5.53. The fraction of sp³-hybridized carbons (Fsp3) is 0.375. The van der Waals surface area contributed by atoms with E-state index in [-0.39, 0.29) is 5.92 Å². The molecule has 0 radical (unpaired) electrons. The summed E-state index contributed by atoms with van der Waals surface area (Å²) in [5.41, 5.74) is 0.934. The lowest BCUT2D eigenvalue weighted by Crippen LogP contribution is -2.00. The molecule has 0 N–H and O–H groups in total. The molecule has 1 aromatic carbocycles. The predicted octanol–water partition coefficient (Wildman–Crippen LogP) is 2.41. The molecule has 1 atom stereocenters. The lowest BCUT2D eigenvalue weighted by molar-refractivity contribution is 0.192. The Morgan fingerprint density at radius 2 is 1.74 bits per heavy atom. The van der Waals surface area contributed by atoms with Gasteiger partial charge in [0.1, 0.15) is 0 Å². The molecule has 0 amide bonds. The van der Waals surface area contributed by atoms with Gasteiger partial charge in [0.2, 0.25) is 17.6 Å². The molecule has 0 spiro atoms. The molecule has 3 aromatic rings. The van der Waals surface area contributed by atoms with E-state index in [1.165, 1.54) is 0 Å². The third-order valence-electron chi connectivity index (χ3n) is 3.83. The van der Waals surface area contributed by atoms with Crippen LogP contribution in [0.25, 0.3) is 11.4 Å². The number of hydrogen-bond acceptors (Lipinski definition) is 7. The summed E-state index contributed by atoms with van der Waals surface area (Å²) in [5.74, 6) is 2.72. The van der Waals surface area contributed by atoms with Crippen molar-refractivity contribution in [1.29, 1.82) is 0 Å². The summed E-state index contributed by atoms with van der Waals surface area (Å²) in [6.45, 7) is 1.43. The third-order valence-corrected chi connectivity index (χ3v) is 3.83.